The van der Waals surface area contributed by atoms with Gasteiger partial charge in [0.25, 0.3) is 0 Å². The number of allylic oxidation sites excluding steroid dienone is 2. The molecule has 2 aliphatic rings. The molecule has 3 rings (SSSR count). The molecule has 8 nitrogen and oxygen atoms in total. The molecule has 1 aromatic rings. The standard InChI is InChI=1S/C26H35NO7/c1-5-21(28)34-25-19(24(31-4)18(3)20-16-33-26(30)23(20)25)10-8-17(2)9-11-22(29)32-15-14-27-12-6-7-13-27/h8H,5-7,9-16H2,1-4H3/b17-8+. The normalized spacial score (nSPS) is 15.8. The van der Waals surface area contributed by atoms with Gasteiger partial charge < -0.3 is 18.9 Å². The van der Waals surface area contributed by atoms with Gasteiger partial charge >= 0.3 is 17.9 Å². The van der Waals surface area contributed by atoms with Crippen LogP contribution in [0.5, 0.6) is 11.5 Å². The number of nitrogens with zero attached hydrogens (tertiary/aromatic N) is 1. The van der Waals surface area contributed by atoms with Crippen LogP contribution < -0.4 is 9.47 Å². The SMILES string of the molecule is CCC(=O)Oc1c(C/C=C(\C)CCC(=O)OCCN2CCCC2)c(OC)c(C)c2c1C(=O)OC2. The van der Waals surface area contributed by atoms with Gasteiger partial charge in [-0.25, -0.2) is 4.79 Å². The largest absolute Gasteiger partial charge is 0.496 e. The summed E-state index contributed by atoms with van der Waals surface area (Å²) in [7, 11) is 1.55. The molecule has 1 fully saturated rings. The molecular weight excluding hydrogens is 438 g/mol. The number of hydrogen-bond donors (Lipinski definition) is 0. The Morgan fingerprint density at radius 2 is 1.85 bits per heavy atom. The minimum absolute atomic E-state index is 0.127. The third-order valence-corrected chi connectivity index (χ3v) is 6.38. The Morgan fingerprint density at radius 1 is 1.12 bits per heavy atom. The lowest BCUT2D eigenvalue weighted by molar-refractivity contribution is -0.144. The topological polar surface area (TPSA) is 91.4 Å². The van der Waals surface area contributed by atoms with Crippen molar-refractivity contribution >= 4 is 17.9 Å². The fourth-order valence-electron chi connectivity index (χ4n) is 4.35. The minimum Gasteiger partial charge on any atom is -0.496 e. The zero-order valence-electron chi connectivity index (χ0n) is 20.7. The Balaban J connectivity index is 1.69. The predicted molar refractivity (Wildman–Crippen MR) is 126 cm³/mol. The first-order valence-corrected chi connectivity index (χ1v) is 12.0. The van der Waals surface area contributed by atoms with Crippen molar-refractivity contribution in [3.8, 4) is 11.5 Å². The van der Waals surface area contributed by atoms with Crippen molar-refractivity contribution in [3.63, 3.8) is 0 Å². The Kier molecular flexibility index (Phi) is 9.10. The summed E-state index contributed by atoms with van der Waals surface area (Å²) in [5.74, 6) is -0.374. The zero-order valence-corrected chi connectivity index (χ0v) is 20.7. The second kappa shape index (κ2) is 12.0. The summed E-state index contributed by atoms with van der Waals surface area (Å²) in [5, 5.41) is 0. The van der Waals surface area contributed by atoms with Gasteiger partial charge in [-0.1, -0.05) is 18.6 Å². The maximum absolute atomic E-state index is 12.4. The van der Waals surface area contributed by atoms with Crippen molar-refractivity contribution in [2.24, 2.45) is 0 Å². The summed E-state index contributed by atoms with van der Waals surface area (Å²) < 4.78 is 21.8. The molecule has 0 spiro atoms. The number of benzene rings is 1. The molecule has 0 aromatic heterocycles. The lowest BCUT2D eigenvalue weighted by atomic mass is 9.94. The van der Waals surface area contributed by atoms with Crippen LogP contribution in [0.3, 0.4) is 0 Å². The summed E-state index contributed by atoms with van der Waals surface area (Å²) in [6.07, 6.45) is 5.80. The molecule has 0 bridgehead atoms. The highest BCUT2D eigenvalue weighted by Gasteiger charge is 2.33. The number of hydrogen-bond acceptors (Lipinski definition) is 8. The van der Waals surface area contributed by atoms with Crippen LogP contribution >= 0.6 is 0 Å². The third kappa shape index (κ3) is 6.17. The van der Waals surface area contributed by atoms with Gasteiger partial charge in [-0.05, 0) is 58.2 Å². The van der Waals surface area contributed by atoms with Crippen molar-refractivity contribution < 1.29 is 33.3 Å². The number of methoxy groups -OCH3 is 1. The summed E-state index contributed by atoms with van der Waals surface area (Å²) in [4.78, 5) is 39.0. The number of ether oxygens (including phenoxy) is 4. The number of carbonyl (C=O) groups is 3. The van der Waals surface area contributed by atoms with Crippen molar-refractivity contribution in [1.29, 1.82) is 0 Å². The van der Waals surface area contributed by atoms with Crippen LogP contribution in [0, 0.1) is 6.92 Å². The van der Waals surface area contributed by atoms with Crippen molar-refractivity contribution in [2.45, 2.75) is 65.9 Å². The highest BCUT2D eigenvalue weighted by molar-refractivity contribution is 5.99. The van der Waals surface area contributed by atoms with Crippen LogP contribution in [0.15, 0.2) is 11.6 Å². The number of cyclic esters (lactones) is 1. The summed E-state index contributed by atoms with van der Waals surface area (Å²) >= 11 is 0. The number of fused-ring (bicyclic) bond motifs is 1. The van der Waals surface area contributed by atoms with Crippen molar-refractivity contribution in [3.05, 3.63) is 33.9 Å². The predicted octanol–water partition coefficient (Wildman–Crippen LogP) is 3.90. The molecule has 0 atom stereocenters. The van der Waals surface area contributed by atoms with Crippen LogP contribution in [0.25, 0.3) is 0 Å². The molecule has 0 N–H and O–H groups in total. The minimum atomic E-state index is -0.502. The lowest BCUT2D eigenvalue weighted by Gasteiger charge is -2.18. The highest BCUT2D eigenvalue weighted by Crippen LogP contribution is 2.43. The van der Waals surface area contributed by atoms with E-state index in [0.717, 1.165) is 30.8 Å². The van der Waals surface area contributed by atoms with Crippen LogP contribution in [0.4, 0.5) is 0 Å². The molecule has 186 valence electrons. The Hall–Kier alpha value is -2.87. The number of esters is 3. The highest BCUT2D eigenvalue weighted by atomic mass is 16.6. The molecule has 0 radical (unpaired) electrons. The van der Waals surface area contributed by atoms with E-state index in [1.54, 1.807) is 14.0 Å². The van der Waals surface area contributed by atoms with E-state index in [0.29, 0.717) is 48.3 Å². The number of likely N-dealkylation sites (tertiary alicyclic amines) is 1. The second-order valence-electron chi connectivity index (χ2n) is 8.75. The van der Waals surface area contributed by atoms with E-state index < -0.39 is 11.9 Å². The first-order valence-electron chi connectivity index (χ1n) is 12.0. The van der Waals surface area contributed by atoms with E-state index in [2.05, 4.69) is 4.90 Å². The fourth-order valence-corrected chi connectivity index (χ4v) is 4.35. The number of rotatable bonds is 11. The van der Waals surface area contributed by atoms with Crippen LogP contribution in [0.2, 0.25) is 0 Å². The van der Waals surface area contributed by atoms with Crippen LogP contribution in [-0.2, 0) is 32.1 Å². The van der Waals surface area contributed by atoms with Gasteiger partial charge in [0, 0.05) is 30.5 Å². The quantitative estimate of drug-likeness (QED) is 0.272. The van der Waals surface area contributed by atoms with Crippen molar-refractivity contribution in [1.82, 2.24) is 4.90 Å². The van der Waals surface area contributed by atoms with Crippen LogP contribution in [0.1, 0.15) is 73.0 Å². The molecule has 1 aromatic carbocycles. The fraction of sp³-hybridized carbons (Fsp3) is 0.577. The van der Waals surface area contributed by atoms with Gasteiger partial charge in [-0.3, -0.25) is 14.5 Å². The average Bonchev–Trinajstić information content (AvgIpc) is 3.48. The molecule has 0 amide bonds. The lowest BCUT2D eigenvalue weighted by Crippen LogP contribution is -2.25. The maximum atomic E-state index is 12.4. The monoisotopic (exact) mass is 473 g/mol. The molecule has 1 saturated heterocycles. The van der Waals surface area contributed by atoms with E-state index in [-0.39, 0.29) is 24.7 Å². The molecule has 34 heavy (non-hydrogen) atoms. The van der Waals surface area contributed by atoms with E-state index in [4.69, 9.17) is 18.9 Å². The third-order valence-electron chi connectivity index (χ3n) is 6.38. The molecule has 0 unspecified atom stereocenters. The molecule has 2 heterocycles. The van der Waals surface area contributed by atoms with Gasteiger partial charge in [0.05, 0.1) is 7.11 Å². The van der Waals surface area contributed by atoms with Gasteiger partial charge in [-0.2, -0.15) is 0 Å². The summed E-state index contributed by atoms with van der Waals surface area (Å²) in [5.41, 5.74) is 3.38. The first kappa shape index (κ1) is 25.7. The average molecular weight is 474 g/mol. The van der Waals surface area contributed by atoms with E-state index in [1.165, 1.54) is 12.8 Å². The van der Waals surface area contributed by atoms with Gasteiger partial charge in [0.2, 0.25) is 0 Å². The smallest absolute Gasteiger partial charge is 0.342 e. The first-order chi connectivity index (χ1) is 16.3. The van der Waals surface area contributed by atoms with E-state index in [1.807, 2.05) is 19.9 Å². The van der Waals surface area contributed by atoms with Gasteiger partial charge in [0.15, 0.2) is 5.75 Å². The Morgan fingerprint density at radius 3 is 2.53 bits per heavy atom. The molecule has 0 saturated carbocycles. The molecule has 2 aliphatic heterocycles. The molecular formula is C26H35NO7. The molecule has 0 aliphatic carbocycles. The van der Waals surface area contributed by atoms with E-state index in [9.17, 15) is 14.4 Å². The van der Waals surface area contributed by atoms with Crippen molar-refractivity contribution in [2.75, 3.05) is 33.4 Å². The van der Waals surface area contributed by atoms with Crippen LogP contribution in [-0.4, -0.2) is 56.2 Å². The summed E-state index contributed by atoms with van der Waals surface area (Å²) in [6.45, 7) is 9.01. The van der Waals surface area contributed by atoms with Gasteiger partial charge in [-0.15, -0.1) is 0 Å². The summed E-state index contributed by atoms with van der Waals surface area (Å²) in [6, 6.07) is 0. The molecule has 8 heteroatoms. The van der Waals surface area contributed by atoms with E-state index >= 15 is 0 Å². The van der Waals surface area contributed by atoms with Gasteiger partial charge in [0.1, 0.15) is 24.5 Å². The Labute approximate surface area is 201 Å². The maximum Gasteiger partial charge on any atom is 0.342 e. The second-order valence-corrected chi connectivity index (χ2v) is 8.75. The Bertz CT molecular complexity index is 961. The number of carbonyl (C=O) groups excluding carboxylic acids is 3. The zero-order chi connectivity index (χ0) is 24.7.